The van der Waals surface area contributed by atoms with Gasteiger partial charge in [-0.2, -0.15) is 0 Å². The summed E-state index contributed by atoms with van der Waals surface area (Å²) in [6.45, 7) is 3.29. The van der Waals surface area contributed by atoms with Gasteiger partial charge in [-0.1, -0.05) is 13.0 Å². The summed E-state index contributed by atoms with van der Waals surface area (Å²) in [5.74, 6) is 1.54. The number of benzene rings is 1. The van der Waals surface area contributed by atoms with Crippen molar-refractivity contribution >= 4 is 15.9 Å². The van der Waals surface area contributed by atoms with Crippen molar-refractivity contribution in [1.29, 1.82) is 0 Å². The maximum Gasteiger partial charge on any atom is 0.133 e. The molecule has 3 heteroatoms. The Labute approximate surface area is 100 Å². The molecule has 1 aromatic rings. The number of rotatable bonds is 5. The highest BCUT2D eigenvalue weighted by Crippen LogP contribution is 2.26. The second kappa shape index (κ2) is 6.13. The Morgan fingerprint density at radius 2 is 2.20 bits per heavy atom. The third-order valence-electron chi connectivity index (χ3n) is 2.35. The Kier molecular flexibility index (Phi) is 5.12. The Morgan fingerprint density at radius 3 is 2.73 bits per heavy atom. The van der Waals surface area contributed by atoms with Crippen molar-refractivity contribution in [3.63, 3.8) is 0 Å². The summed E-state index contributed by atoms with van der Waals surface area (Å²) in [5, 5.41) is 3.19. The van der Waals surface area contributed by atoms with E-state index in [-0.39, 0.29) is 0 Å². The molecule has 0 saturated carbocycles. The van der Waals surface area contributed by atoms with Crippen molar-refractivity contribution in [2.24, 2.45) is 5.92 Å². The molecule has 0 aromatic heterocycles. The number of methoxy groups -OCH3 is 1. The molecule has 1 rings (SSSR count). The van der Waals surface area contributed by atoms with E-state index in [9.17, 15) is 0 Å². The Bertz CT molecular complexity index is 314. The molecule has 15 heavy (non-hydrogen) atoms. The molecule has 0 bridgehead atoms. The van der Waals surface area contributed by atoms with Crippen molar-refractivity contribution in [2.75, 3.05) is 20.7 Å². The summed E-state index contributed by atoms with van der Waals surface area (Å²) in [4.78, 5) is 0. The van der Waals surface area contributed by atoms with Gasteiger partial charge < -0.3 is 10.1 Å². The zero-order chi connectivity index (χ0) is 11.3. The summed E-state index contributed by atoms with van der Waals surface area (Å²) in [6.07, 6.45) is 1.09. The average molecular weight is 272 g/mol. The first-order valence-electron chi connectivity index (χ1n) is 5.14. The van der Waals surface area contributed by atoms with Gasteiger partial charge in [-0.3, -0.25) is 0 Å². The van der Waals surface area contributed by atoms with Gasteiger partial charge in [-0.15, -0.1) is 0 Å². The van der Waals surface area contributed by atoms with E-state index in [2.05, 4.69) is 40.3 Å². The molecule has 0 spiro atoms. The fraction of sp³-hybridized carbons (Fsp3) is 0.500. The van der Waals surface area contributed by atoms with Gasteiger partial charge in [-0.05, 0) is 59.6 Å². The van der Waals surface area contributed by atoms with E-state index in [0.29, 0.717) is 5.92 Å². The topological polar surface area (TPSA) is 21.3 Å². The van der Waals surface area contributed by atoms with E-state index in [1.165, 1.54) is 5.56 Å². The van der Waals surface area contributed by atoms with E-state index in [1.807, 2.05) is 13.1 Å². The van der Waals surface area contributed by atoms with Crippen molar-refractivity contribution in [3.8, 4) is 5.75 Å². The predicted octanol–water partition coefficient (Wildman–Crippen LogP) is 2.86. The highest BCUT2D eigenvalue weighted by molar-refractivity contribution is 9.10. The molecule has 0 fully saturated rings. The lowest BCUT2D eigenvalue weighted by Crippen LogP contribution is -2.17. The minimum Gasteiger partial charge on any atom is -0.496 e. The first-order chi connectivity index (χ1) is 7.17. The van der Waals surface area contributed by atoms with Gasteiger partial charge in [0.15, 0.2) is 0 Å². The lowest BCUT2D eigenvalue weighted by atomic mass is 10.0. The molecule has 0 aliphatic carbocycles. The Morgan fingerprint density at radius 1 is 1.47 bits per heavy atom. The fourth-order valence-corrected chi connectivity index (χ4v) is 2.25. The van der Waals surface area contributed by atoms with E-state index in [0.717, 1.165) is 23.2 Å². The first kappa shape index (κ1) is 12.5. The van der Waals surface area contributed by atoms with Crippen LogP contribution in [0.1, 0.15) is 12.5 Å². The minimum absolute atomic E-state index is 0.648. The third-order valence-corrected chi connectivity index (χ3v) is 2.97. The van der Waals surface area contributed by atoms with Crippen LogP contribution in [0.2, 0.25) is 0 Å². The molecule has 2 nitrogen and oxygen atoms in total. The second-order valence-electron chi connectivity index (χ2n) is 3.84. The summed E-state index contributed by atoms with van der Waals surface area (Å²) < 4.78 is 6.22. The molecule has 0 radical (unpaired) electrons. The minimum atomic E-state index is 0.648. The predicted molar refractivity (Wildman–Crippen MR) is 67.5 cm³/mol. The van der Waals surface area contributed by atoms with Crippen LogP contribution in [0.25, 0.3) is 0 Å². The number of hydrogen-bond acceptors (Lipinski definition) is 2. The van der Waals surface area contributed by atoms with Crippen LogP contribution in [-0.4, -0.2) is 20.7 Å². The molecule has 1 unspecified atom stereocenters. The highest BCUT2D eigenvalue weighted by Gasteiger charge is 2.05. The molecule has 0 aliphatic heterocycles. The van der Waals surface area contributed by atoms with Gasteiger partial charge in [0.1, 0.15) is 5.75 Å². The highest BCUT2D eigenvalue weighted by atomic mass is 79.9. The zero-order valence-corrected chi connectivity index (χ0v) is 11.1. The maximum atomic E-state index is 5.19. The number of nitrogens with one attached hydrogen (secondary N) is 1. The number of ether oxygens (including phenoxy) is 1. The van der Waals surface area contributed by atoms with Gasteiger partial charge in [0.2, 0.25) is 0 Å². The van der Waals surface area contributed by atoms with Crippen molar-refractivity contribution in [1.82, 2.24) is 5.32 Å². The van der Waals surface area contributed by atoms with E-state index < -0.39 is 0 Å². The lowest BCUT2D eigenvalue weighted by Gasteiger charge is -2.11. The summed E-state index contributed by atoms with van der Waals surface area (Å²) in [7, 11) is 3.67. The maximum absolute atomic E-state index is 5.19. The van der Waals surface area contributed by atoms with E-state index in [1.54, 1.807) is 7.11 Å². The largest absolute Gasteiger partial charge is 0.496 e. The van der Waals surface area contributed by atoms with Crippen LogP contribution in [0, 0.1) is 5.92 Å². The lowest BCUT2D eigenvalue weighted by molar-refractivity contribution is 0.412. The Balaban J connectivity index is 2.66. The molecule has 1 aromatic carbocycles. The molecule has 0 saturated heterocycles. The van der Waals surface area contributed by atoms with Gasteiger partial charge in [0.25, 0.3) is 0 Å². The van der Waals surface area contributed by atoms with Gasteiger partial charge in [0, 0.05) is 0 Å². The summed E-state index contributed by atoms with van der Waals surface area (Å²) in [6, 6.07) is 6.26. The smallest absolute Gasteiger partial charge is 0.133 e. The van der Waals surface area contributed by atoms with E-state index >= 15 is 0 Å². The van der Waals surface area contributed by atoms with Crippen LogP contribution in [0.4, 0.5) is 0 Å². The molecule has 0 heterocycles. The van der Waals surface area contributed by atoms with Crippen molar-refractivity contribution in [2.45, 2.75) is 13.3 Å². The van der Waals surface area contributed by atoms with Gasteiger partial charge in [-0.25, -0.2) is 0 Å². The molecule has 0 aliphatic rings. The SMILES string of the molecule is CNCC(C)Cc1ccc(OC)c(Br)c1. The molecule has 1 N–H and O–H groups in total. The van der Waals surface area contributed by atoms with Crippen LogP contribution in [0.5, 0.6) is 5.75 Å². The van der Waals surface area contributed by atoms with Gasteiger partial charge in [0.05, 0.1) is 11.6 Å². The fourth-order valence-electron chi connectivity index (χ4n) is 1.66. The van der Waals surface area contributed by atoms with Crippen LogP contribution in [0.15, 0.2) is 22.7 Å². The second-order valence-corrected chi connectivity index (χ2v) is 4.69. The first-order valence-corrected chi connectivity index (χ1v) is 5.93. The average Bonchev–Trinajstić information content (AvgIpc) is 2.18. The molecular weight excluding hydrogens is 254 g/mol. The standard InChI is InChI=1S/C12H18BrNO/c1-9(8-14-2)6-10-4-5-12(15-3)11(13)7-10/h4-5,7,9,14H,6,8H2,1-3H3. The van der Waals surface area contributed by atoms with Crippen molar-refractivity contribution in [3.05, 3.63) is 28.2 Å². The normalized spacial score (nSPS) is 12.5. The number of halogens is 1. The quantitative estimate of drug-likeness (QED) is 0.890. The summed E-state index contributed by atoms with van der Waals surface area (Å²) >= 11 is 3.50. The molecule has 0 amide bonds. The van der Waals surface area contributed by atoms with Crippen molar-refractivity contribution < 1.29 is 4.74 Å². The monoisotopic (exact) mass is 271 g/mol. The van der Waals surface area contributed by atoms with Crippen LogP contribution < -0.4 is 10.1 Å². The number of hydrogen-bond donors (Lipinski definition) is 1. The zero-order valence-electron chi connectivity index (χ0n) is 9.51. The van der Waals surface area contributed by atoms with Crippen LogP contribution in [0.3, 0.4) is 0 Å². The molecule has 1 atom stereocenters. The Hall–Kier alpha value is -0.540. The van der Waals surface area contributed by atoms with Gasteiger partial charge >= 0.3 is 0 Å². The van der Waals surface area contributed by atoms with Crippen LogP contribution >= 0.6 is 15.9 Å². The molecular formula is C12H18BrNO. The van der Waals surface area contributed by atoms with Crippen LogP contribution in [-0.2, 0) is 6.42 Å². The molecule has 84 valence electrons. The third kappa shape index (κ3) is 3.84. The summed E-state index contributed by atoms with van der Waals surface area (Å²) in [5.41, 5.74) is 1.34. The van der Waals surface area contributed by atoms with E-state index in [4.69, 9.17) is 4.74 Å².